The number of halogens is 5. The number of aliphatic hydroxyl groups is 1. The molecule has 0 aliphatic carbocycles. The quantitative estimate of drug-likeness (QED) is 0.424. The summed E-state index contributed by atoms with van der Waals surface area (Å²) in [5.41, 5.74) is 0.873. The van der Waals surface area contributed by atoms with Gasteiger partial charge in [0.25, 0.3) is 5.91 Å². The summed E-state index contributed by atoms with van der Waals surface area (Å²) in [7, 11) is 0. The average Bonchev–Trinajstić information content (AvgIpc) is 2.48. The first kappa shape index (κ1) is 16.1. The molecule has 1 atom stereocenters. The number of amides is 3. The van der Waals surface area contributed by atoms with Crippen molar-refractivity contribution in [2.45, 2.75) is 12.6 Å². The first-order chi connectivity index (χ1) is 10.2. The van der Waals surface area contributed by atoms with Crippen molar-refractivity contribution in [1.82, 2.24) is 15.8 Å². The Morgan fingerprint density at radius 1 is 0.955 bits per heavy atom. The lowest BCUT2D eigenvalue weighted by Crippen LogP contribution is -2.64. The lowest BCUT2D eigenvalue weighted by Gasteiger charge is -2.30. The van der Waals surface area contributed by atoms with Gasteiger partial charge in [-0.15, -0.1) is 0 Å². The number of nitrogens with one attached hydrogen (secondary N) is 2. The summed E-state index contributed by atoms with van der Waals surface area (Å²) < 4.78 is 65.7. The lowest BCUT2D eigenvalue weighted by molar-refractivity contribution is -0.135. The molecule has 11 heteroatoms. The Balaban J connectivity index is 2.19. The van der Waals surface area contributed by atoms with Crippen molar-refractivity contribution < 1.29 is 36.6 Å². The van der Waals surface area contributed by atoms with Gasteiger partial charge in [0.2, 0.25) is 12.0 Å². The fourth-order valence-electron chi connectivity index (χ4n) is 1.77. The summed E-state index contributed by atoms with van der Waals surface area (Å²) in [4.78, 5) is 22.3. The second-order valence-corrected chi connectivity index (χ2v) is 4.28. The maximum atomic E-state index is 13.4. The third-order valence-corrected chi connectivity index (χ3v) is 2.89. The van der Waals surface area contributed by atoms with E-state index in [1.54, 1.807) is 5.32 Å². The standard InChI is InChI=1S/C11H8F5N3O3/c12-4-3(5(13)7(15)8(16)6(4)14)1-2-19-11(22)17-9(20)10(21)18-19/h10,18,21H,1-2H2,(H,17,20,22). The van der Waals surface area contributed by atoms with Crippen LogP contribution in [0.5, 0.6) is 0 Å². The van der Waals surface area contributed by atoms with Crippen LogP contribution in [0.3, 0.4) is 0 Å². The van der Waals surface area contributed by atoms with Gasteiger partial charge in [-0.25, -0.2) is 26.7 Å². The Bertz CT molecular complexity index is 625. The van der Waals surface area contributed by atoms with Gasteiger partial charge < -0.3 is 5.11 Å². The van der Waals surface area contributed by atoms with E-state index in [0.29, 0.717) is 5.01 Å². The second-order valence-electron chi connectivity index (χ2n) is 4.28. The summed E-state index contributed by atoms with van der Waals surface area (Å²) in [6.07, 6.45) is -2.53. The summed E-state index contributed by atoms with van der Waals surface area (Å²) >= 11 is 0. The molecule has 3 N–H and O–H groups in total. The van der Waals surface area contributed by atoms with Crippen LogP contribution in [0, 0.1) is 29.1 Å². The summed E-state index contributed by atoms with van der Waals surface area (Å²) in [6.45, 7) is -0.561. The van der Waals surface area contributed by atoms with E-state index in [4.69, 9.17) is 5.11 Å². The van der Waals surface area contributed by atoms with Crippen molar-refractivity contribution in [3.05, 3.63) is 34.6 Å². The minimum absolute atomic E-state index is 0.561. The Morgan fingerprint density at radius 2 is 1.45 bits per heavy atom. The first-order valence-corrected chi connectivity index (χ1v) is 5.81. The zero-order valence-electron chi connectivity index (χ0n) is 10.6. The van der Waals surface area contributed by atoms with E-state index in [0.717, 1.165) is 0 Å². The molecule has 3 amide bonds. The van der Waals surface area contributed by atoms with Crippen molar-refractivity contribution in [2.75, 3.05) is 6.54 Å². The molecule has 1 saturated heterocycles. The minimum atomic E-state index is -2.28. The number of carbonyl (C=O) groups is 2. The molecule has 1 aliphatic rings. The fourth-order valence-corrected chi connectivity index (χ4v) is 1.77. The number of aliphatic hydroxyl groups excluding tert-OH is 1. The van der Waals surface area contributed by atoms with E-state index in [1.165, 1.54) is 0 Å². The molecular weight excluding hydrogens is 317 g/mol. The third kappa shape index (κ3) is 2.72. The van der Waals surface area contributed by atoms with Gasteiger partial charge in [0.15, 0.2) is 23.3 Å². The van der Waals surface area contributed by atoms with Gasteiger partial charge in [-0.3, -0.25) is 15.1 Å². The Morgan fingerprint density at radius 3 is 2.00 bits per heavy atom. The lowest BCUT2D eigenvalue weighted by atomic mass is 10.1. The van der Waals surface area contributed by atoms with E-state index < -0.39 is 65.8 Å². The molecule has 1 fully saturated rings. The molecule has 1 aromatic carbocycles. The first-order valence-electron chi connectivity index (χ1n) is 5.81. The molecule has 0 radical (unpaired) electrons. The molecule has 1 aliphatic heterocycles. The molecular formula is C11H8F5N3O3. The van der Waals surface area contributed by atoms with Gasteiger partial charge in [-0.05, 0) is 6.42 Å². The van der Waals surface area contributed by atoms with Crippen molar-refractivity contribution in [1.29, 1.82) is 0 Å². The zero-order valence-corrected chi connectivity index (χ0v) is 10.6. The van der Waals surface area contributed by atoms with Gasteiger partial charge in [0.05, 0.1) is 0 Å². The number of imide groups is 1. The SMILES string of the molecule is O=C1NC(=O)N(CCc2c(F)c(F)c(F)c(F)c2F)NC1O. The maximum Gasteiger partial charge on any atom is 0.338 e. The normalized spacial score (nSPS) is 18.6. The minimum Gasteiger partial charge on any atom is -0.369 e. The van der Waals surface area contributed by atoms with Crippen LogP contribution in [-0.4, -0.2) is 34.8 Å². The number of hydrazine groups is 1. The summed E-state index contributed by atoms with van der Waals surface area (Å²) in [5, 5.41) is 11.5. The monoisotopic (exact) mass is 325 g/mol. The van der Waals surface area contributed by atoms with Gasteiger partial charge in [0.1, 0.15) is 0 Å². The molecule has 2 rings (SSSR count). The van der Waals surface area contributed by atoms with Crippen LogP contribution in [0.25, 0.3) is 0 Å². The van der Waals surface area contributed by atoms with Crippen molar-refractivity contribution >= 4 is 11.9 Å². The molecule has 1 aromatic rings. The molecule has 0 aromatic heterocycles. The number of rotatable bonds is 3. The van der Waals surface area contributed by atoms with Crippen LogP contribution in [0.2, 0.25) is 0 Å². The number of benzene rings is 1. The predicted molar refractivity (Wildman–Crippen MR) is 59.3 cm³/mol. The van der Waals surface area contributed by atoms with Crippen LogP contribution in [-0.2, 0) is 11.2 Å². The van der Waals surface area contributed by atoms with E-state index in [1.807, 2.05) is 5.43 Å². The fraction of sp³-hybridized carbons (Fsp3) is 0.273. The molecule has 6 nitrogen and oxygen atoms in total. The molecule has 1 unspecified atom stereocenters. The maximum absolute atomic E-state index is 13.4. The second kappa shape index (κ2) is 5.85. The van der Waals surface area contributed by atoms with Crippen LogP contribution < -0.4 is 10.7 Å². The predicted octanol–water partition coefficient (Wildman–Crippen LogP) is 0.299. The molecule has 0 bridgehead atoms. The Kier molecular flexibility index (Phi) is 4.28. The highest BCUT2D eigenvalue weighted by molar-refractivity contribution is 5.98. The van der Waals surface area contributed by atoms with Crippen LogP contribution in [0.4, 0.5) is 26.7 Å². The largest absolute Gasteiger partial charge is 0.369 e. The topological polar surface area (TPSA) is 81.7 Å². The number of nitrogens with zero attached hydrogens (tertiary/aromatic N) is 1. The number of carbonyl (C=O) groups excluding carboxylic acids is 2. The zero-order chi connectivity index (χ0) is 16.6. The van der Waals surface area contributed by atoms with Crippen molar-refractivity contribution in [3.8, 4) is 0 Å². The molecule has 120 valence electrons. The van der Waals surface area contributed by atoms with Crippen molar-refractivity contribution in [3.63, 3.8) is 0 Å². The number of urea groups is 1. The third-order valence-electron chi connectivity index (χ3n) is 2.89. The van der Waals surface area contributed by atoms with E-state index in [9.17, 15) is 31.5 Å². The average molecular weight is 325 g/mol. The molecule has 1 heterocycles. The summed E-state index contributed by atoms with van der Waals surface area (Å²) in [5.74, 6) is -11.5. The van der Waals surface area contributed by atoms with Gasteiger partial charge in [0, 0.05) is 12.1 Å². The van der Waals surface area contributed by atoms with Gasteiger partial charge in [-0.1, -0.05) is 0 Å². The Hall–Kier alpha value is -2.27. The highest BCUT2D eigenvalue weighted by Gasteiger charge is 2.31. The van der Waals surface area contributed by atoms with Crippen LogP contribution in [0.15, 0.2) is 0 Å². The number of hydrogen-bond acceptors (Lipinski definition) is 4. The smallest absolute Gasteiger partial charge is 0.338 e. The molecule has 0 spiro atoms. The van der Waals surface area contributed by atoms with Crippen LogP contribution >= 0.6 is 0 Å². The van der Waals surface area contributed by atoms with Gasteiger partial charge >= 0.3 is 6.03 Å². The molecule has 0 saturated carbocycles. The van der Waals surface area contributed by atoms with E-state index in [2.05, 4.69) is 0 Å². The van der Waals surface area contributed by atoms with Crippen molar-refractivity contribution in [2.24, 2.45) is 0 Å². The summed E-state index contributed by atoms with van der Waals surface area (Å²) in [6, 6.07) is -1.04. The molecule has 22 heavy (non-hydrogen) atoms. The Labute approximate surface area is 119 Å². The van der Waals surface area contributed by atoms with Crippen LogP contribution in [0.1, 0.15) is 5.56 Å². The highest BCUT2D eigenvalue weighted by Crippen LogP contribution is 2.23. The van der Waals surface area contributed by atoms with E-state index in [-0.39, 0.29) is 0 Å². The van der Waals surface area contributed by atoms with Gasteiger partial charge in [-0.2, -0.15) is 5.43 Å². The number of hydrogen-bond donors (Lipinski definition) is 3. The highest BCUT2D eigenvalue weighted by atomic mass is 19.2. The van der Waals surface area contributed by atoms with E-state index >= 15 is 0 Å².